The summed E-state index contributed by atoms with van der Waals surface area (Å²) in [6, 6.07) is 19.4. The molecular formula is C28H21BrClN3O5S. The fraction of sp³-hybridized carbons (Fsp3) is 0.143. The van der Waals surface area contributed by atoms with Crippen LogP contribution in [0.15, 0.2) is 70.0 Å². The summed E-state index contributed by atoms with van der Waals surface area (Å²) >= 11 is 10.3. The minimum Gasteiger partial charge on any atom is -0.490 e. The molecule has 11 heteroatoms. The second-order valence-corrected chi connectivity index (χ2v) is 10.4. The zero-order valence-electron chi connectivity index (χ0n) is 20.6. The number of rotatable bonds is 9. The number of carbonyl (C=O) groups excluding carboxylic acids is 3. The molecule has 0 spiro atoms. The van der Waals surface area contributed by atoms with Crippen molar-refractivity contribution in [1.29, 1.82) is 5.26 Å². The Kier molecular flexibility index (Phi) is 9.30. The van der Waals surface area contributed by atoms with E-state index in [0.29, 0.717) is 44.4 Å². The van der Waals surface area contributed by atoms with E-state index in [2.05, 4.69) is 27.3 Å². The number of amides is 3. The van der Waals surface area contributed by atoms with Gasteiger partial charge in [0.05, 0.1) is 38.3 Å². The number of carbonyl (C=O) groups is 3. The van der Waals surface area contributed by atoms with Crippen LogP contribution in [-0.2, 0) is 16.2 Å². The first kappa shape index (κ1) is 28.2. The van der Waals surface area contributed by atoms with Crippen LogP contribution in [0.2, 0.25) is 5.02 Å². The lowest BCUT2D eigenvalue weighted by atomic mass is 10.1. The van der Waals surface area contributed by atoms with Gasteiger partial charge in [0.2, 0.25) is 5.91 Å². The molecule has 0 atom stereocenters. The molecule has 1 aliphatic heterocycles. The Balaban J connectivity index is 1.51. The number of thioether (sulfide) groups is 1. The van der Waals surface area contributed by atoms with Crippen molar-refractivity contribution in [1.82, 2.24) is 4.90 Å². The average molecular weight is 627 g/mol. The van der Waals surface area contributed by atoms with E-state index in [9.17, 15) is 19.6 Å². The molecule has 1 aliphatic rings. The summed E-state index contributed by atoms with van der Waals surface area (Å²) in [5.74, 6) is -0.272. The molecule has 3 amide bonds. The van der Waals surface area contributed by atoms with Crippen LogP contribution < -0.4 is 14.8 Å². The Hall–Kier alpha value is -3.78. The van der Waals surface area contributed by atoms with Gasteiger partial charge in [-0.2, -0.15) is 5.26 Å². The number of ether oxygens (including phenoxy) is 2. The second-order valence-electron chi connectivity index (χ2n) is 8.12. The molecule has 3 aromatic carbocycles. The minimum atomic E-state index is -0.582. The number of imide groups is 1. The largest absolute Gasteiger partial charge is 0.490 e. The van der Waals surface area contributed by atoms with Crippen LogP contribution in [0.5, 0.6) is 11.5 Å². The summed E-state index contributed by atoms with van der Waals surface area (Å²) in [5, 5.41) is 11.7. The maximum absolute atomic E-state index is 13.0. The lowest BCUT2D eigenvalue weighted by Crippen LogP contribution is -2.36. The smallest absolute Gasteiger partial charge is 0.294 e. The number of anilines is 1. The molecule has 0 bridgehead atoms. The van der Waals surface area contributed by atoms with Gasteiger partial charge in [-0.1, -0.05) is 41.9 Å². The van der Waals surface area contributed by atoms with Gasteiger partial charge in [-0.25, -0.2) is 0 Å². The Morgan fingerprint density at radius 3 is 2.64 bits per heavy atom. The molecule has 198 valence electrons. The van der Waals surface area contributed by atoms with Gasteiger partial charge in [-0.05, 0) is 76.6 Å². The van der Waals surface area contributed by atoms with Crippen LogP contribution >= 0.6 is 39.3 Å². The molecule has 0 aromatic heterocycles. The summed E-state index contributed by atoms with van der Waals surface area (Å²) in [4.78, 5) is 39.0. The van der Waals surface area contributed by atoms with Crippen LogP contribution in [0.4, 0.5) is 10.5 Å². The molecule has 1 saturated heterocycles. The van der Waals surface area contributed by atoms with Gasteiger partial charge in [0.1, 0.15) is 13.2 Å². The van der Waals surface area contributed by atoms with Gasteiger partial charge in [0.25, 0.3) is 11.1 Å². The van der Waals surface area contributed by atoms with Gasteiger partial charge in [0, 0.05) is 5.56 Å². The highest BCUT2D eigenvalue weighted by Gasteiger charge is 2.36. The lowest BCUT2D eigenvalue weighted by Gasteiger charge is -2.15. The van der Waals surface area contributed by atoms with E-state index in [1.54, 1.807) is 54.6 Å². The molecule has 0 radical (unpaired) electrons. The highest BCUT2D eigenvalue weighted by molar-refractivity contribution is 9.10. The molecule has 1 fully saturated rings. The van der Waals surface area contributed by atoms with Crippen molar-refractivity contribution in [3.8, 4) is 17.6 Å². The normalized spacial score (nSPS) is 13.9. The van der Waals surface area contributed by atoms with E-state index < -0.39 is 23.6 Å². The Labute approximate surface area is 242 Å². The van der Waals surface area contributed by atoms with Crippen molar-refractivity contribution >= 4 is 68.1 Å². The molecule has 39 heavy (non-hydrogen) atoms. The van der Waals surface area contributed by atoms with E-state index in [1.165, 1.54) is 0 Å². The highest BCUT2D eigenvalue weighted by Crippen LogP contribution is 2.40. The first-order valence-corrected chi connectivity index (χ1v) is 13.7. The van der Waals surface area contributed by atoms with E-state index in [0.717, 1.165) is 22.2 Å². The van der Waals surface area contributed by atoms with Crippen molar-refractivity contribution in [2.45, 2.75) is 13.5 Å². The van der Waals surface area contributed by atoms with Crippen molar-refractivity contribution in [2.75, 3.05) is 18.5 Å². The number of nitriles is 1. The number of benzene rings is 3. The third-order valence-corrected chi connectivity index (χ3v) is 7.29. The fourth-order valence-corrected chi connectivity index (χ4v) is 5.26. The Morgan fingerprint density at radius 2 is 1.90 bits per heavy atom. The number of nitrogens with zero attached hydrogens (tertiary/aromatic N) is 2. The van der Waals surface area contributed by atoms with Crippen molar-refractivity contribution in [3.63, 3.8) is 0 Å². The predicted molar refractivity (Wildman–Crippen MR) is 154 cm³/mol. The molecule has 0 saturated carbocycles. The third kappa shape index (κ3) is 6.81. The zero-order chi connectivity index (χ0) is 27.9. The highest BCUT2D eigenvalue weighted by atomic mass is 79.9. The van der Waals surface area contributed by atoms with E-state index in [4.69, 9.17) is 21.1 Å². The maximum atomic E-state index is 13.0. The monoisotopic (exact) mass is 625 g/mol. The van der Waals surface area contributed by atoms with Gasteiger partial charge in [0.15, 0.2) is 11.5 Å². The van der Waals surface area contributed by atoms with Crippen LogP contribution in [0.3, 0.4) is 0 Å². The van der Waals surface area contributed by atoms with Crippen molar-refractivity contribution < 1.29 is 23.9 Å². The van der Waals surface area contributed by atoms with Gasteiger partial charge in [-0.3, -0.25) is 19.3 Å². The van der Waals surface area contributed by atoms with Gasteiger partial charge in [-0.15, -0.1) is 0 Å². The quantitative estimate of drug-likeness (QED) is 0.266. The second kappa shape index (κ2) is 12.8. The fourth-order valence-electron chi connectivity index (χ4n) is 3.66. The Bertz CT molecular complexity index is 1520. The molecule has 3 aromatic rings. The maximum Gasteiger partial charge on any atom is 0.294 e. The number of hydrogen-bond acceptors (Lipinski definition) is 7. The molecule has 0 unspecified atom stereocenters. The third-order valence-electron chi connectivity index (χ3n) is 5.46. The summed E-state index contributed by atoms with van der Waals surface area (Å²) in [6.07, 6.45) is 1.55. The zero-order valence-corrected chi connectivity index (χ0v) is 23.7. The molecule has 8 nitrogen and oxygen atoms in total. The number of hydrogen-bond donors (Lipinski definition) is 1. The standard InChI is InChI=1S/C28H21BrClN3O5S/c1-2-37-23-12-17(11-20(29)26(23)38-16-19-8-4-3-7-18(19)14-31)13-24-27(35)33(28(36)39-24)15-25(34)32-22-10-6-5-9-21(22)30/h3-13H,2,15-16H2,1H3,(H,32,34)/b24-13+. The van der Waals surface area contributed by atoms with E-state index in [1.807, 2.05) is 19.1 Å². The average Bonchev–Trinajstić information content (AvgIpc) is 3.17. The van der Waals surface area contributed by atoms with Crippen molar-refractivity contribution in [3.05, 3.63) is 91.8 Å². The molecule has 1 heterocycles. The molecule has 1 N–H and O–H groups in total. The van der Waals surface area contributed by atoms with Crippen LogP contribution in [0.1, 0.15) is 23.6 Å². The summed E-state index contributed by atoms with van der Waals surface area (Å²) in [5.41, 5.74) is 2.21. The summed E-state index contributed by atoms with van der Waals surface area (Å²) < 4.78 is 12.3. The Morgan fingerprint density at radius 1 is 1.15 bits per heavy atom. The van der Waals surface area contributed by atoms with E-state index >= 15 is 0 Å². The van der Waals surface area contributed by atoms with Gasteiger partial charge >= 0.3 is 0 Å². The van der Waals surface area contributed by atoms with Crippen LogP contribution in [0, 0.1) is 11.3 Å². The predicted octanol–water partition coefficient (Wildman–Crippen LogP) is 6.63. The van der Waals surface area contributed by atoms with Crippen LogP contribution in [0.25, 0.3) is 6.08 Å². The summed E-state index contributed by atoms with van der Waals surface area (Å²) in [7, 11) is 0. The molecular weight excluding hydrogens is 606 g/mol. The SMILES string of the molecule is CCOc1cc(/C=C2/SC(=O)N(CC(=O)Nc3ccccc3Cl)C2=O)cc(Br)c1OCc1ccccc1C#N. The topological polar surface area (TPSA) is 109 Å². The molecule has 0 aliphatic carbocycles. The minimum absolute atomic E-state index is 0.150. The number of halogens is 2. The van der Waals surface area contributed by atoms with Crippen molar-refractivity contribution in [2.24, 2.45) is 0 Å². The molecule has 4 rings (SSSR count). The van der Waals surface area contributed by atoms with Crippen LogP contribution in [-0.4, -0.2) is 35.1 Å². The van der Waals surface area contributed by atoms with E-state index in [-0.39, 0.29) is 11.5 Å². The first-order chi connectivity index (χ1) is 18.8. The number of nitrogens with one attached hydrogen (secondary N) is 1. The lowest BCUT2D eigenvalue weighted by molar-refractivity contribution is -0.127. The first-order valence-electron chi connectivity index (χ1n) is 11.7. The summed E-state index contributed by atoms with van der Waals surface area (Å²) in [6.45, 7) is 1.89. The number of para-hydroxylation sites is 1. The van der Waals surface area contributed by atoms with Gasteiger partial charge < -0.3 is 14.8 Å².